The van der Waals surface area contributed by atoms with Crippen LogP contribution in [-0.2, 0) is 0 Å². The highest BCUT2D eigenvalue weighted by molar-refractivity contribution is 7.11. The van der Waals surface area contributed by atoms with E-state index < -0.39 is 0 Å². The third kappa shape index (κ3) is 2.58. The predicted molar refractivity (Wildman–Crippen MR) is 65.2 cm³/mol. The lowest BCUT2D eigenvalue weighted by Crippen LogP contribution is -2.32. The molecule has 0 aromatic carbocycles. The normalized spacial score (nSPS) is 28.2. The topological polar surface area (TPSA) is 24.9 Å². The van der Waals surface area contributed by atoms with Crippen LogP contribution in [0, 0.1) is 12.8 Å². The van der Waals surface area contributed by atoms with Crippen molar-refractivity contribution in [3.8, 4) is 0 Å². The summed E-state index contributed by atoms with van der Waals surface area (Å²) in [5.74, 6) is 0.835. The molecule has 15 heavy (non-hydrogen) atoms. The highest BCUT2D eigenvalue weighted by atomic mass is 32.1. The van der Waals surface area contributed by atoms with Gasteiger partial charge in [-0.1, -0.05) is 13.3 Å². The van der Waals surface area contributed by atoms with E-state index in [0.29, 0.717) is 12.1 Å². The molecular formula is C12H20N2S. The highest BCUT2D eigenvalue weighted by Gasteiger charge is 2.25. The molecule has 0 saturated heterocycles. The van der Waals surface area contributed by atoms with Gasteiger partial charge in [-0.3, -0.25) is 0 Å². The van der Waals surface area contributed by atoms with Crippen LogP contribution in [0.1, 0.15) is 49.0 Å². The average molecular weight is 224 g/mol. The predicted octanol–water partition coefficient (Wildman–Crippen LogP) is 3.29. The lowest BCUT2D eigenvalue weighted by molar-refractivity contribution is 0.390. The zero-order valence-electron chi connectivity index (χ0n) is 9.79. The summed E-state index contributed by atoms with van der Waals surface area (Å²) < 4.78 is 0. The van der Waals surface area contributed by atoms with Crippen LogP contribution in [0.25, 0.3) is 0 Å². The van der Waals surface area contributed by atoms with E-state index in [1.165, 1.54) is 24.1 Å². The molecule has 1 aromatic heterocycles. The minimum atomic E-state index is 0.460. The van der Waals surface area contributed by atoms with Crippen LogP contribution in [-0.4, -0.2) is 11.0 Å². The maximum absolute atomic E-state index is 4.31. The van der Waals surface area contributed by atoms with Gasteiger partial charge in [0, 0.05) is 23.2 Å². The third-order valence-corrected chi connectivity index (χ3v) is 4.49. The Balaban J connectivity index is 1.94. The van der Waals surface area contributed by atoms with Crippen molar-refractivity contribution in [1.29, 1.82) is 0 Å². The molecule has 84 valence electrons. The lowest BCUT2D eigenvalue weighted by Gasteiger charge is -2.21. The second-order valence-electron chi connectivity index (χ2n) is 4.68. The molecule has 1 heterocycles. The van der Waals surface area contributed by atoms with E-state index in [1.54, 1.807) is 11.3 Å². The van der Waals surface area contributed by atoms with Crippen molar-refractivity contribution >= 4 is 11.3 Å². The van der Waals surface area contributed by atoms with Crippen LogP contribution in [0.3, 0.4) is 0 Å². The van der Waals surface area contributed by atoms with Crippen molar-refractivity contribution in [3.05, 3.63) is 16.1 Å². The van der Waals surface area contributed by atoms with Gasteiger partial charge in [0.15, 0.2) is 0 Å². The lowest BCUT2D eigenvalue weighted by atomic mass is 10.1. The summed E-state index contributed by atoms with van der Waals surface area (Å²) in [4.78, 5) is 5.68. The molecule has 0 radical (unpaired) electrons. The molecule has 3 heteroatoms. The molecule has 3 unspecified atom stereocenters. The molecule has 2 rings (SSSR count). The molecular weight excluding hydrogens is 204 g/mol. The Hall–Kier alpha value is -0.410. The maximum atomic E-state index is 4.31. The fourth-order valence-electron chi connectivity index (χ4n) is 2.37. The number of hydrogen-bond donors (Lipinski definition) is 1. The number of aryl methyl sites for hydroxylation is 1. The Morgan fingerprint density at radius 3 is 2.87 bits per heavy atom. The SMILES string of the molecule is Cc1ncc(C(C)NC2CCCC2C)s1. The summed E-state index contributed by atoms with van der Waals surface area (Å²) in [5.41, 5.74) is 0. The molecule has 1 aromatic rings. The van der Waals surface area contributed by atoms with Crippen molar-refractivity contribution in [3.63, 3.8) is 0 Å². The van der Waals surface area contributed by atoms with Gasteiger partial charge in [0.05, 0.1) is 5.01 Å². The summed E-state index contributed by atoms with van der Waals surface area (Å²) in [6, 6.07) is 1.17. The van der Waals surface area contributed by atoms with Crippen molar-refractivity contribution in [2.75, 3.05) is 0 Å². The van der Waals surface area contributed by atoms with Crippen LogP contribution in [0.5, 0.6) is 0 Å². The van der Waals surface area contributed by atoms with Gasteiger partial charge in [-0.25, -0.2) is 4.98 Å². The fourth-order valence-corrected chi connectivity index (χ4v) is 3.17. The van der Waals surface area contributed by atoms with E-state index in [4.69, 9.17) is 0 Å². The molecule has 0 spiro atoms. The van der Waals surface area contributed by atoms with Crippen molar-refractivity contribution < 1.29 is 0 Å². The van der Waals surface area contributed by atoms with Gasteiger partial charge < -0.3 is 5.32 Å². The molecule has 1 aliphatic rings. The molecule has 0 aliphatic heterocycles. The molecule has 0 bridgehead atoms. The van der Waals surface area contributed by atoms with Gasteiger partial charge in [0.1, 0.15) is 0 Å². The molecule has 1 fully saturated rings. The van der Waals surface area contributed by atoms with E-state index >= 15 is 0 Å². The van der Waals surface area contributed by atoms with E-state index in [-0.39, 0.29) is 0 Å². The maximum Gasteiger partial charge on any atom is 0.0897 e. The quantitative estimate of drug-likeness (QED) is 0.852. The van der Waals surface area contributed by atoms with E-state index in [2.05, 4.69) is 31.1 Å². The zero-order chi connectivity index (χ0) is 10.8. The first-order chi connectivity index (χ1) is 7.16. The van der Waals surface area contributed by atoms with Crippen molar-refractivity contribution in [2.45, 2.75) is 52.1 Å². The number of nitrogens with zero attached hydrogens (tertiary/aromatic N) is 1. The summed E-state index contributed by atoms with van der Waals surface area (Å²) in [7, 11) is 0. The second-order valence-corrected chi connectivity index (χ2v) is 5.95. The molecule has 1 saturated carbocycles. The van der Waals surface area contributed by atoms with Gasteiger partial charge in [-0.05, 0) is 32.6 Å². The fraction of sp³-hybridized carbons (Fsp3) is 0.750. The van der Waals surface area contributed by atoms with Crippen molar-refractivity contribution in [1.82, 2.24) is 10.3 Å². The Kier molecular flexibility index (Phi) is 3.42. The number of nitrogens with one attached hydrogen (secondary N) is 1. The molecule has 0 amide bonds. The molecule has 3 atom stereocenters. The largest absolute Gasteiger partial charge is 0.306 e. The highest BCUT2D eigenvalue weighted by Crippen LogP contribution is 2.28. The van der Waals surface area contributed by atoms with Gasteiger partial charge >= 0.3 is 0 Å². The van der Waals surface area contributed by atoms with Crippen LogP contribution < -0.4 is 5.32 Å². The molecule has 1 N–H and O–H groups in total. The third-order valence-electron chi connectivity index (χ3n) is 3.39. The van der Waals surface area contributed by atoms with Gasteiger partial charge in [0.2, 0.25) is 0 Å². The monoisotopic (exact) mass is 224 g/mol. The number of rotatable bonds is 3. The minimum Gasteiger partial charge on any atom is -0.306 e. The first kappa shape index (κ1) is 11.1. The van der Waals surface area contributed by atoms with E-state index in [9.17, 15) is 0 Å². The zero-order valence-corrected chi connectivity index (χ0v) is 10.6. The van der Waals surface area contributed by atoms with Crippen LogP contribution in [0.15, 0.2) is 6.20 Å². The van der Waals surface area contributed by atoms with Gasteiger partial charge in [-0.15, -0.1) is 11.3 Å². The smallest absolute Gasteiger partial charge is 0.0897 e. The summed E-state index contributed by atoms with van der Waals surface area (Å²) in [6.45, 7) is 6.67. The molecule has 2 nitrogen and oxygen atoms in total. The first-order valence-electron chi connectivity index (χ1n) is 5.85. The van der Waals surface area contributed by atoms with Crippen LogP contribution in [0.4, 0.5) is 0 Å². The Morgan fingerprint density at radius 1 is 1.53 bits per heavy atom. The average Bonchev–Trinajstić information content (AvgIpc) is 2.77. The van der Waals surface area contributed by atoms with Crippen molar-refractivity contribution in [2.24, 2.45) is 5.92 Å². The van der Waals surface area contributed by atoms with Crippen LogP contribution in [0.2, 0.25) is 0 Å². The van der Waals surface area contributed by atoms with Gasteiger partial charge in [-0.2, -0.15) is 0 Å². The molecule has 1 aliphatic carbocycles. The van der Waals surface area contributed by atoms with Gasteiger partial charge in [0.25, 0.3) is 0 Å². The number of hydrogen-bond acceptors (Lipinski definition) is 3. The summed E-state index contributed by atoms with van der Waals surface area (Å²) >= 11 is 1.81. The Bertz CT molecular complexity index is 321. The second kappa shape index (κ2) is 4.62. The summed E-state index contributed by atoms with van der Waals surface area (Å²) in [6.07, 6.45) is 6.11. The summed E-state index contributed by atoms with van der Waals surface area (Å²) in [5, 5.41) is 4.89. The Labute approximate surface area is 96.1 Å². The first-order valence-corrected chi connectivity index (χ1v) is 6.67. The minimum absolute atomic E-state index is 0.460. The standard InChI is InChI=1S/C12H20N2S/c1-8-5-4-6-11(8)14-9(2)12-7-13-10(3)15-12/h7-9,11,14H,4-6H2,1-3H3. The van der Waals surface area contributed by atoms with Crippen LogP contribution >= 0.6 is 11.3 Å². The Morgan fingerprint density at radius 2 is 2.33 bits per heavy atom. The van der Waals surface area contributed by atoms with E-state index in [0.717, 1.165) is 10.9 Å². The van der Waals surface area contributed by atoms with E-state index in [1.807, 2.05) is 6.20 Å². The number of thiazole rings is 1. The number of aromatic nitrogens is 1.